The number of aromatic nitrogens is 2. The number of hydrogen-bond acceptors (Lipinski definition) is 4. The van der Waals surface area contributed by atoms with Crippen LogP contribution >= 0.6 is 0 Å². The van der Waals surface area contributed by atoms with Crippen molar-refractivity contribution in [3.05, 3.63) is 12.4 Å². The predicted octanol–water partition coefficient (Wildman–Crippen LogP) is 1.24. The smallest absolute Gasteiger partial charge is 0.246 e. The van der Waals surface area contributed by atoms with Crippen LogP contribution < -0.4 is 10.2 Å². The minimum absolute atomic E-state index is 0.0161. The highest BCUT2D eigenvalue weighted by atomic mass is 16.5. The first kappa shape index (κ1) is 19.7. The van der Waals surface area contributed by atoms with Gasteiger partial charge in [0.15, 0.2) is 5.96 Å². The normalized spacial score (nSPS) is 28.3. The Morgan fingerprint density at radius 3 is 2.67 bits per heavy atom. The number of aliphatic imine (C=N–C) groups is 1. The van der Waals surface area contributed by atoms with E-state index in [1.165, 1.54) is 0 Å². The van der Waals surface area contributed by atoms with Crippen LogP contribution in [0.2, 0.25) is 0 Å². The van der Waals surface area contributed by atoms with Crippen molar-refractivity contribution in [1.82, 2.24) is 20.0 Å². The summed E-state index contributed by atoms with van der Waals surface area (Å²) in [6, 6.07) is 0.263. The van der Waals surface area contributed by atoms with E-state index in [4.69, 9.17) is 4.74 Å². The van der Waals surface area contributed by atoms with Gasteiger partial charge in [-0.2, -0.15) is 5.10 Å². The highest BCUT2D eigenvalue weighted by Crippen LogP contribution is 2.51. The quantitative estimate of drug-likeness (QED) is 0.632. The van der Waals surface area contributed by atoms with Crippen LogP contribution in [0.4, 0.5) is 5.69 Å². The molecule has 1 saturated heterocycles. The molecule has 2 atom stereocenters. The number of ether oxygens (including phenoxy) is 1. The number of methoxy groups -OCH3 is 1. The third kappa shape index (κ3) is 3.42. The van der Waals surface area contributed by atoms with Crippen LogP contribution in [0.15, 0.2) is 17.4 Å². The Bertz CT molecular complexity index is 728. The molecule has 2 fully saturated rings. The maximum Gasteiger partial charge on any atom is 0.246 e. The summed E-state index contributed by atoms with van der Waals surface area (Å²) in [5.41, 5.74) is 0.689. The van der Waals surface area contributed by atoms with Gasteiger partial charge in [0.1, 0.15) is 6.54 Å². The lowest BCUT2D eigenvalue weighted by Crippen LogP contribution is -2.70. The fourth-order valence-corrected chi connectivity index (χ4v) is 3.94. The number of carbonyl (C=O) groups is 1. The standard InChI is InChI=1S/C19H32N6O2/c1-7-20-17(22-15-10-19(4,27-6)18(15,2)3)24-8-9-25(16(26)13-24)14-11-21-23(5)12-14/h11-12,15H,7-10,13H2,1-6H3,(H,20,22). The van der Waals surface area contributed by atoms with E-state index >= 15 is 0 Å². The summed E-state index contributed by atoms with van der Waals surface area (Å²) in [7, 11) is 3.63. The summed E-state index contributed by atoms with van der Waals surface area (Å²) in [5, 5.41) is 7.76. The molecule has 2 heterocycles. The van der Waals surface area contributed by atoms with Crippen LogP contribution in [-0.2, 0) is 16.6 Å². The van der Waals surface area contributed by atoms with Crippen molar-refractivity contribution < 1.29 is 9.53 Å². The summed E-state index contributed by atoms with van der Waals surface area (Å²) >= 11 is 0. The molecular weight excluding hydrogens is 344 g/mol. The SMILES string of the molecule is CCN=C(NC1CC(C)(OC)C1(C)C)N1CCN(c2cnn(C)c2)C(=O)C1. The highest BCUT2D eigenvalue weighted by molar-refractivity contribution is 5.98. The molecule has 8 nitrogen and oxygen atoms in total. The Balaban J connectivity index is 1.67. The number of guanidine groups is 1. The lowest BCUT2D eigenvalue weighted by Gasteiger charge is -2.59. The monoisotopic (exact) mass is 376 g/mol. The van der Waals surface area contributed by atoms with Crippen LogP contribution in [0.5, 0.6) is 0 Å². The Labute approximate surface area is 161 Å². The molecule has 150 valence electrons. The van der Waals surface area contributed by atoms with E-state index in [1.54, 1.807) is 22.9 Å². The van der Waals surface area contributed by atoms with E-state index in [0.717, 1.165) is 24.6 Å². The van der Waals surface area contributed by atoms with Crippen molar-refractivity contribution in [3.63, 3.8) is 0 Å². The van der Waals surface area contributed by atoms with Gasteiger partial charge in [-0.1, -0.05) is 13.8 Å². The number of amides is 1. The van der Waals surface area contributed by atoms with E-state index in [1.807, 2.05) is 20.2 Å². The minimum atomic E-state index is -0.142. The largest absolute Gasteiger partial charge is 0.378 e. The molecule has 8 heteroatoms. The van der Waals surface area contributed by atoms with Crippen molar-refractivity contribution in [2.24, 2.45) is 17.5 Å². The molecule has 2 unspecified atom stereocenters. The summed E-state index contributed by atoms with van der Waals surface area (Å²) < 4.78 is 7.44. The van der Waals surface area contributed by atoms with E-state index in [-0.39, 0.29) is 23.0 Å². The molecule has 1 amide bonds. The van der Waals surface area contributed by atoms with Gasteiger partial charge in [-0.25, -0.2) is 0 Å². The van der Waals surface area contributed by atoms with Crippen molar-refractivity contribution in [2.75, 3.05) is 38.2 Å². The highest BCUT2D eigenvalue weighted by Gasteiger charge is 2.58. The van der Waals surface area contributed by atoms with E-state index in [2.05, 4.69) is 41.1 Å². The lowest BCUT2D eigenvalue weighted by molar-refractivity contribution is -0.177. The van der Waals surface area contributed by atoms with Gasteiger partial charge in [-0.3, -0.25) is 14.5 Å². The maximum atomic E-state index is 12.7. The van der Waals surface area contributed by atoms with Crippen molar-refractivity contribution >= 4 is 17.6 Å². The lowest BCUT2D eigenvalue weighted by atomic mass is 9.56. The van der Waals surface area contributed by atoms with E-state index in [0.29, 0.717) is 19.6 Å². The zero-order valence-electron chi connectivity index (χ0n) is 17.3. The molecule has 0 bridgehead atoms. The number of hydrogen-bond donors (Lipinski definition) is 1. The molecule has 1 aromatic heterocycles. The second-order valence-corrected chi connectivity index (χ2v) is 8.19. The first-order valence-electron chi connectivity index (χ1n) is 9.62. The van der Waals surface area contributed by atoms with Gasteiger partial charge >= 0.3 is 0 Å². The number of nitrogens with zero attached hydrogens (tertiary/aromatic N) is 5. The molecule has 1 N–H and O–H groups in total. The molecule has 0 spiro atoms. The van der Waals surface area contributed by atoms with Crippen LogP contribution in [-0.4, -0.2) is 71.5 Å². The van der Waals surface area contributed by atoms with Gasteiger partial charge < -0.3 is 19.9 Å². The molecular formula is C19H32N6O2. The Morgan fingerprint density at radius 1 is 1.41 bits per heavy atom. The fourth-order valence-electron chi connectivity index (χ4n) is 3.94. The van der Waals surface area contributed by atoms with Gasteiger partial charge in [-0.05, 0) is 20.3 Å². The first-order valence-corrected chi connectivity index (χ1v) is 9.62. The maximum absolute atomic E-state index is 12.7. The van der Waals surface area contributed by atoms with Crippen molar-refractivity contribution in [3.8, 4) is 0 Å². The fraction of sp³-hybridized carbons (Fsp3) is 0.737. The van der Waals surface area contributed by atoms with E-state index < -0.39 is 0 Å². The van der Waals surface area contributed by atoms with Crippen LogP contribution in [0, 0.1) is 5.41 Å². The minimum Gasteiger partial charge on any atom is -0.378 e. The number of aryl methyl sites for hydroxylation is 1. The van der Waals surface area contributed by atoms with E-state index in [9.17, 15) is 4.79 Å². The Hall–Kier alpha value is -2.09. The molecule has 1 aromatic rings. The van der Waals surface area contributed by atoms with Crippen molar-refractivity contribution in [1.29, 1.82) is 0 Å². The average molecular weight is 377 g/mol. The zero-order chi connectivity index (χ0) is 19.8. The number of piperazine rings is 1. The third-order valence-corrected chi connectivity index (χ3v) is 6.41. The predicted molar refractivity (Wildman–Crippen MR) is 106 cm³/mol. The Kier molecular flexibility index (Phi) is 5.20. The number of carbonyl (C=O) groups excluding carboxylic acids is 1. The molecule has 0 aromatic carbocycles. The Morgan fingerprint density at radius 2 is 2.15 bits per heavy atom. The molecule has 1 saturated carbocycles. The average Bonchev–Trinajstić information content (AvgIpc) is 3.06. The summed E-state index contributed by atoms with van der Waals surface area (Å²) in [5.74, 6) is 0.877. The summed E-state index contributed by atoms with van der Waals surface area (Å²) in [6.45, 7) is 10.9. The van der Waals surface area contributed by atoms with Crippen LogP contribution in [0.25, 0.3) is 0 Å². The molecule has 1 aliphatic carbocycles. The third-order valence-electron chi connectivity index (χ3n) is 6.41. The number of rotatable bonds is 4. The van der Waals surface area contributed by atoms with Crippen LogP contribution in [0.1, 0.15) is 34.1 Å². The molecule has 27 heavy (non-hydrogen) atoms. The van der Waals surface area contributed by atoms with Gasteiger partial charge in [0.25, 0.3) is 0 Å². The zero-order valence-corrected chi connectivity index (χ0v) is 17.3. The van der Waals surface area contributed by atoms with Crippen molar-refractivity contribution in [2.45, 2.75) is 45.8 Å². The molecule has 2 aliphatic rings. The van der Waals surface area contributed by atoms with Gasteiger partial charge in [0.2, 0.25) is 5.91 Å². The first-order chi connectivity index (χ1) is 12.7. The van der Waals surface area contributed by atoms with Gasteiger partial charge in [0.05, 0.1) is 17.5 Å². The summed E-state index contributed by atoms with van der Waals surface area (Å²) in [6.07, 6.45) is 4.52. The van der Waals surface area contributed by atoms with Gasteiger partial charge in [-0.15, -0.1) is 0 Å². The van der Waals surface area contributed by atoms with Gasteiger partial charge in [0, 0.05) is 51.4 Å². The second kappa shape index (κ2) is 7.14. The second-order valence-electron chi connectivity index (χ2n) is 8.19. The molecule has 0 radical (unpaired) electrons. The summed E-state index contributed by atoms with van der Waals surface area (Å²) in [4.78, 5) is 21.2. The van der Waals surface area contributed by atoms with Crippen LogP contribution in [0.3, 0.4) is 0 Å². The number of nitrogens with one attached hydrogen (secondary N) is 1. The number of anilines is 1. The molecule has 3 rings (SSSR count). The molecule has 1 aliphatic heterocycles. The topological polar surface area (TPSA) is 75.0 Å².